The van der Waals surface area contributed by atoms with Crippen LogP contribution in [0.5, 0.6) is 5.75 Å². The molecule has 3 heterocycles. The Kier molecular flexibility index (Phi) is 6.22. The highest BCUT2D eigenvalue weighted by Crippen LogP contribution is 2.23. The van der Waals surface area contributed by atoms with E-state index >= 15 is 0 Å². The smallest absolute Gasteiger partial charge is 0.293 e. The molecule has 1 atom stereocenters. The van der Waals surface area contributed by atoms with Gasteiger partial charge in [0.25, 0.3) is 5.56 Å². The molecule has 186 valence electrons. The van der Waals surface area contributed by atoms with Gasteiger partial charge < -0.3 is 14.5 Å². The first kappa shape index (κ1) is 23.6. The van der Waals surface area contributed by atoms with Crippen LogP contribution < -0.4 is 15.2 Å². The van der Waals surface area contributed by atoms with Gasteiger partial charge in [-0.2, -0.15) is 10.2 Å². The van der Waals surface area contributed by atoms with E-state index in [1.54, 1.807) is 20.1 Å². The van der Waals surface area contributed by atoms with E-state index in [9.17, 15) is 9.59 Å². The molecule has 2 aromatic carbocycles. The summed E-state index contributed by atoms with van der Waals surface area (Å²) in [7, 11) is 1.61. The number of nitrogens with zero attached hydrogens (tertiary/aromatic N) is 6. The summed E-state index contributed by atoms with van der Waals surface area (Å²) in [6.45, 7) is 7.81. The fourth-order valence-corrected chi connectivity index (χ4v) is 4.79. The van der Waals surface area contributed by atoms with Crippen LogP contribution >= 0.6 is 0 Å². The molecule has 36 heavy (non-hydrogen) atoms. The van der Waals surface area contributed by atoms with Gasteiger partial charge in [0, 0.05) is 36.9 Å². The molecular formula is C27H30N6O3. The number of ether oxygens (including phenoxy) is 1. The second-order valence-electron chi connectivity index (χ2n) is 9.29. The van der Waals surface area contributed by atoms with E-state index in [4.69, 9.17) is 4.74 Å². The molecule has 1 fully saturated rings. The highest BCUT2D eigenvalue weighted by Gasteiger charge is 2.27. The van der Waals surface area contributed by atoms with Crippen LogP contribution in [0.25, 0.3) is 16.8 Å². The fourth-order valence-electron chi connectivity index (χ4n) is 4.79. The third-order valence-corrected chi connectivity index (χ3v) is 6.72. The maximum Gasteiger partial charge on any atom is 0.293 e. The molecule has 9 heteroatoms. The van der Waals surface area contributed by atoms with Crippen molar-refractivity contribution in [1.82, 2.24) is 24.3 Å². The minimum absolute atomic E-state index is 0.101. The normalized spacial score (nSPS) is 15.9. The Morgan fingerprint density at radius 3 is 2.53 bits per heavy atom. The molecular weight excluding hydrogens is 456 g/mol. The standard InChI is InChI=1S/C27H30N6O3/c1-18-6-5-7-22(14-18)31-13-12-30(16-19(31)2)26(34)17-32-27(35)25-15-24(29-33(25)20(3)28-32)21-8-10-23(36-4)11-9-21/h5-11,14-15,19H,12-13,16-17H2,1-4H3/t19-/m0/s1. The van der Waals surface area contributed by atoms with Crippen LogP contribution in [0.4, 0.5) is 5.69 Å². The number of anilines is 1. The summed E-state index contributed by atoms with van der Waals surface area (Å²) in [4.78, 5) is 30.5. The number of hydrogen-bond acceptors (Lipinski definition) is 6. The molecule has 0 unspecified atom stereocenters. The van der Waals surface area contributed by atoms with Crippen molar-refractivity contribution in [2.24, 2.45) is 0 Å². The number of piperazine rings is 1. The van der Waals surface area contributed by atoms with Gasteiger partial charge >= 0.3 is 0 Å². The van der Waals surface area contributed by atoms with Crippen LogP contribution in [-0.4, -0.2) is 63.0 Å². The summed E-state index contributed by atoms with van der Waals surface area (Å²) < 4.78 is 8.00. The van der Waals surface area contributed by atoms with Crippen molar-refractivity contribution in [3.63, 3.8) is 0 Å². The second kappa shape index (κ2) is 9.49. The Morgan fingerprint density at radius 1 is 1.06 bits per heavy atom. The third-order valence-electron chi connectivity index (χ3n) is 6.72. The van der Waals surface area contributed by atoms with Gasteiger partial charge in [-0.3, -0.25) is 9.59 Å². The molecule has 0 spiro atoms. The van der Waals surface area contributed by atoms with E-state index in [2.05, 4.69) is 53.2 Å². The van der Waals surface area contributed by atoms with Crippen molar-refractivity contribution < 1.29 is 9.53 Å². The minimum Gasteiger partial charge on any atom is -0.497 e. The van der Waals surface area contributed by atoms with Gasteiger partial charge in [0.1, 0.15) is 23.6 Å². The average molecular weight is 487 g/mol. The molecule has 9 nitrogen and oxygen atoms in total. The quantitative estimate of drug-likeness (QED) is 0.431. The molecule has 0 saturated carbocycles. The first-order chi connectivity index (χ1) is 17.3. The lowest BCUT2D eigenvalue weighted by atomic mass is 10.1. The number of methoxy groups -OCH3 is 1. The molecule has 1 saturated heterocycles. The maximum absolute atomic E-state index is 13.2. The van der Waals surface area contributed by atoms with Gasteiger partial charge in [0.05, 0.1) is 12.8 Å². The number of aryl methyl sites for hydroxylation is 2. The Morgan fingerprint density at radius 2 is 1.83 bits per heavy atom. The van der Waals surface area contributed by atoms with Crippen molar-refractivity contribution in [3.05, 3.63) is 76.3 Å². The zero-order chi connectivity index (χ0) is 25.4. The molecule has 0 bridgehead atoms. The Hall–Kier alpha value is -4.14. The van der Waals surface area contributed by atoms with E-state index in [0.29, 0.717) is 30.1 Å². The zero-order valence-corrected chi connectivity index (χ0v) is 21.0. The molecule has 4 aromatic rings. The van der Waals surface area contributed by atoms with Crippen LogP contribution in [0.2, 0.25) is 0 Å². The summed E-state index contributed by atoms with van der Waals surface area (Å²) in [6.07, 6.45) is 0. The van der Waals surface area contributed by atoms with E-state index in [-0.39, 0.29) is 24.1 Å². The minimum atomic E-state index is -0.340. The molecule has 0 radical (unpaired) electrons. The molecule has 1 amide bonds. The number of carbonyl (C=O) groups excluding carboxylic acids is 1. The van der Waals surface area contributed by atoms with Crippen molar-refractivity contribution in [1.29, 1.82) is 0 Å². The molecule has 0 aliphatic carbocycles. The van der Waals surface area contributed by atoms with Gasteiger partial charge in [-0.15, -0.1) is 0 Å². The van der Waals surface area contributed by atoms with Gasteiger partial charge in [0.15, 0.2) is 0 Å². The highest BCUT2D eigenvalue weighted by molar-refractivity contribution is 5.76. The SMILES string of the molecule is COc1ccc(-c2cc3c(=O)n(CC(=O)N4CCN(c5cccc(C)c5)[C@@H](C)C4)nc(C)n3n2)cc1. The van der Waals surface area contributed by atoms with Gasteiger partial charge in [-0.1, -0.05) is 12.1 Å². The van der Waals surface area contributed by atoms with Crippen LogP contribution in [0.1, 0.15) is 18.3 Å². The maximum atomic E-state index is 13.2. The molecule has 1 aliphatic heterocycles. The number of carbonyl (C=O) groups is 1. The zero-order valence-electron chi connectivity index (χ0n) is 21.0. The molecule has 0 N–H and O–H groups in total. The number of rotatable bonds is 5. The number of aromatic nitrogens is 4. The first-order valence-electron chi connectivity index (χ1n) is 12.1. The highest BCUT2D eigenvalue weighted by atomic mass is 16.5. The van der Waals surface area contributed by atoms with Crippen molar-refractivity contribution in [3.8, 4) is 17.0 Å². The summed E-state index contributed by atoms with van der Waals surface area (Å²) in [5.74, 6) is 1.17. The third kappa shape index (κ3) is 4.44. The Balaban J connectivity index is 1.34. The lowest BCUT2D eigenvalue weighted by Crippen LogP contribution is -2.54. The summed E-state index contributed by atoms with van der Waals surface area (Å²) in [5.41, 5.74) is 3.95. The summed E-state index contributed by atoms with van der Waals surface area (Å²) >= 11 is 0. The predicted octanol–water partition coefficient (Wildman–Crippen LogP) is 2.92. The van der Waals surface area contributed by atoms with Crippen LogP contribution in [0.3, 0.4) is 0 Å². The van der Waals surface area contributed by atoms with Gasteiger partial charge in [-0.25, -0.2) is 9.20 Å². The van der Waals surface area contributed by atoms with Gasteiger partial charge in [-0.05, 0) is 68.8 Å². The number of amides is 1. The van der Waals surface area contributed by atoms with E-state index in [1.807, 2.05) is 29.2 Å². The number of benzene rings is 2. The molecule has 1 aliphatic rings. The Bertz CT molecular complexity index is 1470. The largest absolute Gasteiger partial charge is 0.497 e. The van der Waals surface area contributed by atoms with Gasteiger partial charge in [0.2, 0.25) is 5.91 Å². The lowest BCUT2D eigenvalue weighted by Gasteiger charge is -2.41. The van der Waals surface area contributed by atoms with Crippen molar-refractivity contribution >= 4 is 17.1 Å². The van der Waals surface area contributed by atoms with E-state index < -0.39 is 0 Å². The second-order valence-corrected chi connectivity index (χ2v) is 9.29. The molecule has 2 aromatic heterocycles. The van der Waals surface area contributed by atoms with E-state index in [0.717, 1.165) is 17.9 Å². The number of fused-ring (bicyclic) bond motifs is 1. The number of hydrogen-bond donors (Lipinski definition) is 0. The first-order valence-corrected chi connectivity index (χ1v) is 12.1. The fraction of sp³-hybridized carbons (Fsp3) is 0.333. The van der Waals surface area contributed by atoms with Crippen molar-refractivity contribution in [2.45, 2.75) is 33.4 Å². The van der Waals surface area contributed by atoms with Crippen LogP contribution in [-0.2, 0) is 11.3 Å². The molecule has 5 rings (SSSR count). The van der Waals surface area contributed by atoms with E-state index in [1.165, 1.54) is 20.4 Å². The Labute approximate surface area is 209 Å². The predicted molar refractivity (Wildman–Crippen MR) is 139 cm³/mol. The van der Waals surface area contributed by atoms with Crippen molar-refractivity contribution in [2.75, 3.05) is 31.6 Å². The lowest BCUT2D eigenvalue weighted by molar-refractivity contribution is -0.132. The topological polar surface area (TPSA) is 85.0 Å². The van der Waals surface area contributed by atoms with Crippen LogP contribution in [0.15, 0.2) is 59.4 Å². The summed E-state index contributed by atoms with van der Waals surface area (Å²) in [5, 5.41) is 8.95. The summed E-state index contributed by atoms with van der Waals surface area (Å²) in [6, 6.07) is 17.8. The monoisotopic (exact) mass is 486 g/mol. The average Bonchev–Trinajstić information content (AvgIpc) is 3.33. The van der Waals surface area contributed by atoms with Crippen LogP contribution in [0, 0.1) is 13.8 Å².